The number of methoxy groups -OCH3 is 1. The second-order valence-corrected chi connectivity index (χ2v) is 5.74. The summed E-state index contributed by atoms with van der Waals surface area (Å²) in [5.41, 5.74) is 1.17. The summed E-state index contributed by atoms with van der Waals surface area (Å²) in [7, 11) is 1.72. The highest BCUT2D eigenvalue weighted by Gasteiger charge is 2.27. The van der Waals surface area contributed by atoms with E-state index in [1.165, 1.54) is 10.7 Å². The van der Waals surface area contributed by atoms with Gasteiger partial charge in [0.05, 0.1) is 31.1 Å². The number of hydrogen-bond acceptors (Lipinski definition) is 5. The molecule has 0 bridgehead atoms. The van der Waals surface area contributed by atoms with Crippen molar-refractivity contribution < 1.29 is 4.74 Å². The van der Waals surface area contributed by atoms with Gasteiger partial charge in [-0.25, -0.2) is 9.97 Å². The predicted octanol–water partition coefficient (Wildman–Crippen LogP) is 2.06. The maximum absolute atomic E-state index is 5.22. The van der Waals surface area contributed by atoms with Gasteiger partial charge in [0.25, 0.3) is 0 Å². The molecule has 6 heteroatoms. The minimum Gasteiger partial charge on any atom is -0.378 e. The number of thiazole rings is 1. The number of rotatable bonds is 4. The van der Waals surface area contributed by atoms with Gasteiger partial charge >= 0.3 is 0 Å². The summed E-state index contributed by atoms with van der Waals surface area (Å²) in [5.74, 6) is 1.13. The average Bonchev–Trinajstić information content (AvgIpc) is 3.04. The molecule has 0 aromatic carbocycles. The van der Waals surface area contributed by atoms with E-state index in [-0.39, 0.29) is 0 Å². The van der Waals surface area contributed by atoms with Crippen molar-refractivity contribution in [1.29, 1.82) is 0 Å². The predicted molar refractivity (Wildman–Crippen MR) is 73.9 cm³/mol. The normalized spacial score (nSPS) is 19.6. The Kier molecular flexibility index (Phi) is 3.63. The van der Waals surface area contributed by atoms with Gasteiger partial charge in [0.15, 0.2) is 0 Å². The zero-order chi connectivity index (χ0) is 13.2. The zero-order valence-electron chi connectivity index (χ0n) is 11.2. The standard InChI is InChI=1S/C13H18N4OS/c1-10-13-15-7-11(9-18-2)17(13)5-4-16(10)8-12-14-3-6-19-12/h3,6-7,10H,4-5,8-9H2,1-2H3/t10-/m1/s1. The molecule has 0 radical (unpaired) electrons. The summed E-state index contributed by atoms with van der Waals surface area (Å²) in [5, 5.41) is 3.20. The van der Waals surface area contributed by atoms with Crippen LogP contribution in [0.4, 0.5) is 0 Å². The van der Waals surface area contributed by atoms with Crippen LogP contribution in [0, 0.1) is 0 Å². The van der Waals surface area contributed by atoms with E-state index < -0.39 is 0 Å². The fourth-order valence-corrected chi connectivity index (χ4v) is 3.23. The van der Waals surface area contributed by atoms with Crippen molar-refractivity contribution in [2.24, 2.45) is 0 Å². The van der Waals surface area contributed by atoms with Crippen LogP contribution in [-0.4, -0.2) is 33.1 Å². The van der Waals surface area contributed by atoms with Gasteiger partial charge in [-0.1, -0.05) is 0 Å². The fourth-order valence-electron chi connectivity index (χ4n) is 2.59. The van der Waals surface area contributed by atoms with Crippen LogP contribution in [0.3, 0.4) is 0 Å². The Morgan fingerprint density at radius 3 is 3.05 bits per heavy atom. The molecule has 0 saturated heterocycles. The van der Waals surface area contributed by atoms with Gasteiger partial charge in [-0.3, -0.25) is 4.90 Å². The van der Waals surface area contributed by atoms with E-state index in [9.17, 15) is 0 Å². The third-order valence-corrected chi connectivity index (χ3v) is 4.38. The maximum atomic E-state index is 5.22. The Hall–Kier alpha value is -1.24. The Morgan fingerprint density at radius 2 is 2.32 bits per heavy atom. The van der Waals surface area contributed by atoms with Gasteiger partial charge < -0.3 is 9.30 Å². The number of hydrogen-bond donors (Lipinski definition) is 0. The largest absolute Gasteiger partial charge is 0.378 e. The molecule has 3 heterocycles. The molecule has 1 aliphatic rings. The van der Waals surface area contributed by atoms with Gasteiger partial charge in [0.2, 0.25) is 0 Å². The highest BCUT2D eigenvalue weighted by atomic mass is 32.1. The first-order valence-corrected chi connectivity index (χ1v) is 7.33. The Labute approximate surface area is 116 Å². The SMILES string of the molecule is COCc1cnc2n1CCN(Cc1nccs1)[C@@H]2C. The van der Waals surface area contributed by atoms with Crippen LogP contribution < -0.4 is 0 Å². The first kappa shape index (κ1) is 12.8. The van der Waals surface area contributed by atoms with Crippen LogP contribution in [0.2, 0.25) is 0 Å². The van der Waals surface area contributed by atoms with Crippen LogP contribution in [-0.2, 0) is 24.4 Å². The van der Waals surface area contributed by atoms with Crippen molar-refractivity contribution in [2.75, 3.05) is 13.7 Å². The highest BCUT2D eigenvalue weighted by molar-refractivity contribution is 7.09. The lowest BCUT2D eigenvalue weighted by Crippen LogP contribution is -2.37. The minimum atomic E-state index is 0.322. The summed E-state index contributed by atoms with van der Waals surface area (Å²) in [6.45, 7) is 5.75. The summed E-state index contributed by atoms with van der Waals surface area (Å²) in [4.78, 5) is 11.4. The summed E-state index contributed by atoms with van der Waals surface area (Å²) in [6, 6.07) is 0.322. The third kappa shape index (κ3) is 2.43. The minimum absolute atomic E-state index is 0.322. The molecule has 0 spiro atoms. The number of ether oxygens (including phenoxy) is 1. The summed E-state index contributed by atoms with van der Waals surface area (Å²) in [6.07, 6.45) is 3.80. The van der Waals surface area contributed by atoms with Gasteiger partial charge in [-0.15, -0.1) is 11.3 Å². The van der Waals surface area contributed by atoms with E-state index in [1.54, 1.807) is 18.4 Å². The molecule has 0 fully saturated rings. The maximum Gasteiger partial charge on any atom is 0.126 e. The molecule has 0 unspecified atom stereocenters. The van der Waals surface area contributed by atoms with Gasteiger partial charge in [0.1, 0.15) is 10.8 Å². The van der Waals surface area contributed by atoms with Crippen LogP contribution in [0.15, 0.2) is 17.8 Å². The van der Waals surface area contributed by atoms with E-state index in [1.807, 2.05) is 17.8 Å². The van der Waals surface area contributed by atoms with Gasteiger partial charge in [-0.2, -0.15) is 0 Å². The molecule has 5 nitrogen and oxygen atoms in total. The molecular weight excluding hydrogens is 260 g/mol. The molecule has 1 aliphatic heterocycles. The smallest absolute Gasteiger partial charge is 0.126 e. The zero-order valence-corrected chi connectivity index (χ0v) is 12.1. The molecule has 2 aromatic rings. The average molecular weight is 278 g/mol. The fraction of sp³-hybridized carbons (Fsp3) is 0.538. The molecule has 0 aliphatic carbocycles. The lowest BCUT2D eigenvalue weighted by molar-refractivity contribution is 0.143. The third-order valence-electron chi connectivity index (χ3n) is 3.62. The molecule has 0 N–H and O–H groups in total. The van der Waals surface area contributed by atoms with Gasteiger partial charge in [-0.05, 0) is 6.92 Å². The van der Waals surface area contributed by atoms with E-state index in [2.05, 4.69) is 26.4 Å². The number of imidazole rings is 1. The van der Waals surface area contributed by atoms with Crippen LogP contribution in [0.5, 0.6) is 0 Å². The van der Waals surface area contributed by atoms with Crippen molar-refractivity contribution in [3.8, 4) is 0 Å². The monoisotopic (exact) mass is 278 g/mol. The second kappa shape index (κ2) is 5.40. The van der Waals surface area contributed by atoms with E-state index >= 15 is 0 Å². The van der Waals surface area contributed by atoms with E-state index in [0.29, 0.717) is 12.6 Å². The van der Waals surface area contributed by atoms with E-state index in [0.717, 1.165) is 25.5 Å². The molecular formula is C13H18N4OS. The Morgan fingerprint density at radius 1 is 1.42 bits per heavy atom. The van der Waals surface area contributed by atoms with Crippen molar-refractivity contribution in [1.82, 2.24) is 19.4 Å². The molecule has 2 aromatic heterocycles. The molecule has 0 amide bonds. The quantitative estimate of drug-likeness (QED) is 0.858. The summed E-state index contributed by atoms with van der Waals surface area (Å²) < 4.78 is 7.50. The highest BCUT2D eigenvalue weighted by Crippen LogP contribution is 2.27. The number of nitrogens with zero attached hydrogens (tertiary/aromatic N) is 4. The summed E-state index contributed by atoms with van der Waals surface area (Å²) >= 11 is 1.71. The Bertz CT molecular complexity index is 537. The van der Waals surface area contributed by atoms with Crippen LogP contribution in [0.1, 0.15) is 29.5 Å². The molecule has 3 rings (SSSR count). The molecule has 0 saturated carbocycles. The topological polar surface area (TPSA) is 43.2 Å². The van der Waals surface area contributed by atoms with Gasteiger partial charge in [0, 0.05) is 31.8 Å². The first-order chi connectivity index (χ1) is 9.29. The van der Waals surface area contributed by atoms with Crippen LogP contribution >= 0.6 is 11.3 Å². The van der Waals surface area contributed by atoms with E-state index in [4.69, 9.17) is 4.74 Å². The van der Waals surface area contributed by atoms with Crippen molar-refractivity contribution in [3.63, 3.8) is 0 Å². The van der Waals surface area contributed by atoms with Crippen molar-refractivity contribution >= 4 is 11.3 Å². The first-order valence-electron chi connectivity index (χ1n) is 6.45. The van der Waals surface area contributed by atoms with Crippen molar-refractivity contribution in [2.45, 2.75) is 32.7 Å². The second-order valence-electron chi connectivity index (χ2n) is 4.76. The number of fused-ring (bicyclic) bond motifs is 1. The number of aromatic nitrogens is 3. The van der Waals surface area contributed by atoms with Crippen LogP contribution in [0.25, 0.3) is 0 Å². The molecule has 102 valence electrons. The molecule has 19 heavy (non-hydrogen) atoms. The molecule has 1 atom stereocenters. The lowest BCUT2D eigenvalue weighted by Gasteiger charge is -2.33. The Balaban J connectivity index is 1.78. The van der Waals surface area contributed by atoms with Crippen molar-refractivity contribution in [3.05, 3.63) is 34.3 Å². The lowest BCUT2D eigenvalue weighted by atomic mass is 10.2.